The number of aryl methyl sites for hydroxylation is 1. The van der Waals surface area contributed by atoms with E-state index in [2.05, 4.69) is 15.2 Å². The highest BCUT2D eigenvalue weighted by molar-refractivity contribution is 5.66. The summed E-state index contributed by atoms with van der Waals surface area (Å²) >= 11 is 0. The Balaban J connectivity index is 1.99. The molecule has 0 atom stereocenters. The van der Waals surface area contributed by atoms with Crippen molar-refractivity contribution in [3.63, 3.8) is 0 Å². The number of carbonyl (C=O) groups is 1. The Hall–Kier alpha value is -1.56. The molecule has 1 rings (SSSR count). The summed E-state index contributed by atoms with van der Waals surface area (Å²) in [6, 6.07) is 1.85. The lowest BCUT2D eigenvalue weighted by atomic mass is 10.4. The zero-order valence-corrected chi connectivity index (χ0v) is 8.43. The third-order valence-corrected chi connectivity index (χ3v) is 1.72. The van der Waals surface area contributed by atoms with Crippen LogP contribution >= 0.6 is 0 Å². The Bertz CT molecular complexity index is 274. The normalized spacial score (nSPS) is 9.93. The van der Waals surface area contributed by atoms with Gasteiger partial charge in [-0.2, -0.15) is 5.10 Å². The molecule has 0 radical (unpaired) electrons. The van der Waals surface area contributed by atoms with Crippen molar-refractivity contribution < 1.29 is 14.6 Å². The van der Waals surface area contributed by atoms with E-state index in [1.165, 1.54) is 0 Å². The number of nitrogens with one attached hydrogen (secondary N) is 1. The van der Waals surface area contributed by atoms with E-state index in [0.29, 0.717) is 6.54 Å². The van der Waals surface area contributed by atoms with Crippen molar-refractivity contribution >= 4 is 6.09 Å². The maximum Gasteiger partial charge on any atom is 0.407 e. The molecule has 0 aliphatic heterocycles. The van der Waals surface area contributed by atoms with E-state index in [4.69, 9.17) is 5.11 Å². The molecular formula is C9H15N3O3. The number of amides is 1. The SMILES string of the molecule is O=C(NCCCn1cccn1)OCCO. The third-order valence-electron chi connectivity index (χ3n) is 1.72. The van der Waals surface area contributed by atoms with Gasteiger partial charge < -0.3 is 15.2 Å². The molecule has 0 unspecified atom stereocenters. The molecule has 6 heteroatoms. The smallest absolute Gasteiger partial charge is 0.407 e. The van der Waals surface area contributed by atoms with Crippen LogP contribution in [-0.2, 0) is 11.3 Å². The van der Waals surface area contributed by atoms with Crippen LogP contribution < -0.4 is 5.32 Å². The van der Waals surface area contributed by atoms with Crippen LogP contribution in [0, 0.1) is 0 Å². The molecule has 2 N–H and O–H groups in total. The first-order chi connectivity index (χ1) is 7.33. The Morgan fingerprint density at radius 2 is 2.47 bits per heavy atom. The lowest BCUT2D eigenvalue weighted by molar-refractivity contribution is 0.119. The van der Waals surface area contributed by atoms with Crippen LogP contribution in [-0.4, -0.2) is 40.7 Å². The second kappa shape index (κ2) is 6.83. The molecule has 15 heavy (non-hydrogen) atoms. The molecule has 1 aromatic rings. The van der Waals surface area contributed by atoms with Crippen LogP contribution in [0.2, 0.25) is 0 Å². The molecule has 84 valence electrons. The number of alkyl carbamates (subject to hydrolysis) is 1. The monoisotopic (exact) mass is 213 g/mol. The van der Waals surface area contributed by atoms with Crippen molar-refractivity contribution in [2.24, 2.45) is 0 Å². The van der Waals surface area contributed by atoms with E-state index >= 15 is 0 Å². The van der Waals surface area contributed by atoms with Gasteiger partial charge in [-0.1, -0.05) is 0 Å². The number of carbonyl (C=O) groups excluding carboxylic acids is 1. The van der Waals surface area contributed by atoms with E-state index in [-0.39, 0.29) is 13.2 Å². The number of ether oxygens (including phenoxy) is 1. The summed E-state index contributed by atoms with van der Waals surface area (Å²) in [6.07, 6.45) is 3.87. The molecule has 0 bridgehead atoms. The van der Waals surface area contributed by atoms with Crippen molar-refractivity contribution in [1.82, 2.24) is 15.1 Å². The zero-order valence-electron chi connectivity index (χ0n) is 8.43. The van der Waals surface area contributed by atoms with Gasteiger partial charge in [0.15, 0.2) is 0 Å². The van der Waals surface area contributed by atoms with Gasteiger partial charge in [-0.25, -0.2) is 4.79 Å². The minimum absolute atomic E-state index is 0.0327. The van der Waals surface area contributed by atoms with E-state index in [1.807, 2.05) is 12.3 Å². The van der Waals surface area contributed by atoms with Gasteiger partial charge in [0.25, 0.3) is 0 Å². The van der Waals surface area contributed by atoms with E-state index in [1.54, 1.807) is 10.9 Å². The molecule has 0 aliphatic rings. The average molecular weight is 213 g/mol. The summed E-state index contributed by atoms with van der Waals surface area (Å²) in [5.74, 6) is 0. The highest BCUT2D eigenvalue weighted by Gasteiger charge is 1.99. The zero-order chi connectivity index (χ0) is 10.9. The molecular weight excluding hydrogens is 198 g/mol. The number of aliphatic hydroxyl groups excluding tert-OH is 1. The first-order valence-corrected chi connectivity index (χ1v) is 4.82. The summed E-state index contributed by atoms with van der Waals surface area (Å²) < 4.78 is 6.40. The van der Waals surface area contributed by atoms with Gasteiger partial charge >= 0.3 is 6.09 Å². The summed E-state index contributed by atoms with van der Waals surface area (Å²) in [5, 5.41) is 15.0. The Kier molecular flexibility index (Phi) is 5.24. The standard InChI is InChI=1S/C9H15N3O3/c13-7-8-15-9(14)10-3-1-5-12-6-2-4-11-12/h2,4,6,13H,1,3,5,7-8H2,(H,10,14). The van der Waals surface area contributed by atoms with Crippen molar-refractivity contribution in [3.8, 4) is 0 Å². The summed E-state index contributed by atoms with van der Waals surface area (Å²) in [5.41, 5.74) is 0. The Morgan fingerprint density at radius 1 is 1.60 bits per heavy atom. The second-order valence-electron chi connectivity index (χ2n) is 2.91. The van der Waals surface area contributed by atoms with Gasteiger partial charge in [-0.15, -0.1) is 0 Å². The van der Waals surface area contributed by atoms with Gasteiger partial charge in [0.2, 0.25) is 0 Å². The van der Waals surface area contributed by atoms with Gasteiger partial charge in [-0.3, -0.25) is 4.68 Å². The van der Waals surface area contributed by atoms with E-state index in [0.717, 1.165) is 13.0 Å². The molecule has 0 saturated heterocycles. The number of hydrogen-bond donors (Lipinski definition) is 2. The quantitative estimate of drug-likeness (QED) is 0.652. The fourth-order valence-corrected chi connectivity index (χ4v) is 1.05. The van der Waals surface area contributed by atoms with Crippen molar-refractivity contribution in [2.45, 2.75) is 13.0 Å². The second-order valence-corrected chi connectivity index (χ2v) is 2.91. The van der Waals surface area contributed by atoms with Crippen molar-refractivity contribution in [3.05, 3.63) is 18.5 Å². The van der Waals surface area contributed by atoms with E-state index < -0.39 is 6.09 Å². The predicted molar refractivity (Wildman–Crippen MR) is 53.3 cm³/mol. The third kappa shape index (κ3) is 5.02. The fourth-order valence-electron chi connectivity index (χ4n) is 1.05. The Morgan fingerprint density at radius 3 is 3.13 bits per heavy atom. The highest BCUT2D eigenvalue weighted by atomic mass is 16.6. The topological polar surface area (TPSA) is 76.4 Å². The summed E-state index contributed by atoms with van der Waals surface area (Å²) in [6.45, 7) is 1.17. The van der Waals surface area contributed by atoms with Crippen LogP contribution in [0.1, 0.15) is 6.42 Å². The van der Waals surface area contributed by atoms with Gasteiger partial charge in [-0.05, 0) is 12.5 Å². The number of aliphatic hydroxyl groups is 1. The lowest BCUT2D eigenvalue weighted by Gasteiger charge is -2.05. The largest absolute Gasteiger partial charge is 0.447 e. The van der Waals surface area contributed by atoms with Gasteiger partial charge in [0.1, 0.15) is 6.61 Å². The molecule has 0 aliphatic carbocycles. The number of nitrogens with zero attached hydrogens (tertiary/aromatic N) is 2. The van der Waals surface area contributed by atoms with Gasteiger partial charge in [0.05, 0.1) is 6.61 Å². The number of aromatic nitrogens is 2. The van der Waals surface area contributed by atoms with Crippen LogP contribution in [0.15, 0.2) is 18.5 Å². The minimum Gasteiger partial charge on any atom is -0.447 e. The van der Waals surface area contributed by atoms with Crippen LogP contribution in [0.4, 0.5) is 4.79 Å². The van der Waals surface area contributed by atoms with Gasteiger partial charge in [0, 0.05) is 25.5 Å². The molecule has 6 nitrogen and oxygen atoms in total. The average Bonchev–Trinajstić information content (AvgIpc) is 2.74. The first kappa shape index (κ1) is 11.5. The molecule has 0 spiro atoms. The molecule has 1 aromatic heterocycles. The van der Waals surface area contributed by atoms with Crippen molar-refractivity contribution in [2.75, 3.05) is 19.8 Å². The Labute approximate surface area is 87.8 Å². The molecule has 0 fully saturated rings. The summed E-state index contributed by atoms with van der Waals surface area (Å²) in [7, 11) is 0. The van der Waals surface area contributed by atoms with Crippen molar-refractivity contribution in [1.29, 1.82) is 0 Å². The number of rotatable bonds is 6. The highest BCUT2D eigenvalue weighted by Crippen LogP contribution is 1.88. The molecule has 1 heterocycles. The first-order valence-electron chi connectivity index (χ1n) is 4.82. The predicted octanol–water partition coefficient (Wildman–Crippen LogP) is -0.00830. The van der Waals surface area contributed by atoms with Crippen LogP contribution in [0.5, 0.6) is 0 Å². The molecule has 0 saturated carbocycles. The summed E-state index contributed by atoms with van der Waals surface area (Å²) in [4.78, 5) is 10.9. The fraction of sp³-hybridized carbons (Fsp3) is 0.556. The maximum atomic E-state index is 10.9. The number of hydrogen-bond acceptors (Lipinski definition) is 4. The molecule has 0 aromatic carbocycles. The van der Waals surface area contributed by atoms with Crippen LogP contribution in [0.25, 0.3) is 0 Å². The minimum atomic E-state index is -0.496. The maximum absolute atomic E-state index is 10.9. The van der Waals surface area contributed by atoms with Crippen LogP contribution in [0.3, 0.4) is 0 Å². The molecule has 1 amide bonds. The van der Waals surface area contributed by atoms with E-state index in [9.17, 15) is 4.79 Å². The lowest BCUT2D eigenvalue weighted by Crippen LogP contribution is -2.27.